The second-order valence-electron chi connectivity index (χ2n) is 4.80. The Labute approximate surface area is 126 Å². The number of carbonyl (C=O) groups excluding carboxylic acids is 1. The van der Waals surface area contributed by atoms with Crippen LogP contribution >= 0.6 is 0 Å². The van der Waals surface area contributed by atoms with Gasteiger partial charge in [-0.3, -0.25) is 4.79 Å². The van der Waals surface area contributed by atoms with Crippen LogP contribution in [0.4, 0.5) is 10.1 Å². The van der Waals surface area contributed by atoms with Crippen LogP contribution in [0.15, 0.2) is 48.8 Å². The number of carbonyl (C=O) groups is 1. The maximum absolute atomic E-state index is 13.4. The summed E-state index contributed by atoms with van der Waals surface area (Å²) in [4.78, 5) is 16.3. The number of hydrogen-bond acceptors (Lipinski definition) is 3. The van der Waals surface area contributed by atoms with Crippen LogP contribution in [0.1, 0.15) is 5.69 Å². The number of nitrogens with one attached hydrogen (secondary N) is 1. The van der Waals surface area contributed by atoms with Crippen molar-refractivity contribution in [2.75, 3.05) is 11.9 Å². The van der Waals surface area contributed by atoms with Crippen LogP contribution in [0.5, 0.6) is 5.75 Å². The maximum atomic E-state index is 13.4. The summed E-state index contributed by atoms with van der Waals surface area (Å²) in [6.07, 6.45) is 3.71. The molecule has 5 nitrogen and oxygen atoms in total. The van der Waals surface area contributed by atoms with Gasteiger partial charge in [0.05, 0.1) is 11.4 Å². The number of halogens is 1. The molecule has 1 N–H and O–H groups in total. The van der Waals surface area contributed by atoms with Gasteiger partial charge in [-0.05, 0) is 31.2 Å². The second kappa shape index (κ2) is 5.85. The molecule has 0 saturated carbocycles. The summed E-state index contributed by atoms with van der Waals surface area (Å²) in [5.41, 5.74) is 2.08. The molecule has 0 aliphatic heterocycles. The molecule has 0 fully saturated rings. The first kappa shape index (κ1) is 14.1. The Balaban J connectivity index is 1.70. The van der Waals surface area contributed by atoms with E-state index in [9.17, 15) is 9.18 Å². The third-order valence-electron chi connectivity index (χ3n) is 3.07. The monoisotopic (exact) mass is 299 g/mol. The molecule has 6 heteroatoms. The molecule has 0 saturated heterocycles. The van der Waals surface area contributed by atoms with Crippen LogP contribution in [-0.2, 0) is 4.79 Å². The van der Waals surface area contributed by atoms with E-state index in [1.807, 2.05) is 23.7 Å². The van der Waals surface area contributed by atoms with Gasteiger partial charge in [0.2, 0.25) is 0 Å². The lowest BCUT2D eigenvalue weighted by Crippen LogP contribution is -2.20. The van der Waals surface area contributed by atoms with Crippen molar-refractivity contribution in [3.8, 4) is 5.75 Å². The summed E-state index contributed by atoms with van der Waals surface area (Å²) in [6, 6.07) is 9.51. The van der Waals surface area contributed by atoms with E-state index in [0.29, 0.717) is 11.3 Å². The SMILES string of the molecule is Cc1cn2cccc(NC(=O)COc3ccccc3F)c2n1. The molecule has 22 heavy (non-hydrogen) atoms. The van der Waals surface area contributed by atoms with Gasteiger partial charge < -0.3 is 14.5 Å². The van der Waals surface area contributed by atoms with Crippen molar-refractivity contribution in [1.82, 2.24) is 9.38 Å². The molecule has 3 aromatic rings. The fraction of sp³-hybridized carbons (Fsp3) is 0.125. The number of amides is 1. The smallest absolute Gasteiger partial charge is 0.262 e. The van der Waals surface area contributed by atoms with Crippen molar-refractivity contribution in [2.24, 2.45) is 0 Å². The molecule has 1 amide bonds. The van der Waals surface area contributed by atoms with Gasteiger partial charge in [-0.15, -0.1) is 0 Å². The third-order valence-corrected chi connectivity index (χ3v) is 3.07. The minimum absolute atomic E-state index is 0.0486. The lowest BCUT2D eigenvalue weighted by molar-refractivity contribution is -0.118. The number of imidazole rings is 1. The highest BCUT2D eigenvalue weighted by Crippen LogP contribution is 2.17. The summed E-state index contributed by atoms with van der Waals surface area (Å²) < 4.78 is 20.4. The highest BCUT2D eigenvalue weighted by Gasteiger charge is 2.10. The lowest BCUT2D eigenvalue weighted by atomic mass is 10.3. The molecule has 1 aromatic carbocycles. The standard InChI is InChI=1S/C16H14FN3O2/c1-11-9-20-8-4-6-13(16(20)18-11)19-15(21)10-22-14-7-3-2-5-12(14)17/h2-9H,10H2,1H3,(H,19,21). The molecular formula is C16H14FN3O2. The van der Waals surface area contributed by atoms with E-state index >= 15 is 0 Å². The zero-order valence-electron chi connectivity index (χ0n) is 11.9. The Morgan fingerprint density at radius 1 is 1.32 bits per heavy atom. The predicted molar refractivity (Wildman–Crippen MR) is 80.5 cm³/mol. The molecule has 2 aromatic heterocycles. The van der Waals surface area contributed by atoms with Crippen LogP contribution in [0.2, 0.25) is 0 Å². The van der Waals surface area contributed by atoms with E-state index in [2.05, 4.69) is 10.3 Å². The van der Waals surface area contributed by atoms with Crippen molar-refractivity contribution >= 4 is 17.2 Å². The Kier molecular flexibility index (Phi) is 3.74. The Morgan fingerprint density at radius 3 is 2.95 bits per heavy atom. The highest BCUT2D eigenvalue weighted by atomic mass is 19.1. The second-order valence-corrected chi connectivity index (χ2v) is 4.80. The van der Waals surface area contributed by atoms with Crippen molar-refractivity contribution < 1.29 is 13.9 Å². The van der Waals surface area contributed by atoms with Gasteiger partial charge in [-0.2, -0.15) is 0 Å². The number of anilines is 1. The van der Waals surface area contributed by atoms with Crippen LogP contribution < -0.4 is 10.1 Å². The zero-order valence-corrected chi connectivity index (χ0v) is 11.9. The van der Waals surface area contributed by atoms with Gasteiger partial charge in [0.15, 0.2) is 23.8 Å². The molecule has 0 aliphatic carbocycles. The Morgan fingerprint density at radius 2 is 2.14 bits per heavy atom. The van der Waals surface area contributed by atoms with E-state index in [0.717, 1.165) is 5.69 Å². The molecule has 3 rings (SSSR count). The summed E-state index contributed by atoms with van der Waals surface area (Å²) in [5.74, 6) is -0.828. The molecule has 0 radical (unpaired) electrons. The number of benzene rings is 1. The van der Waals surface area contributed by atoms with Gasteiger partial charge >= 0.3 is 0 Å². The molecular weight excluding hydrogens is 285 g/mol. The first-order valence-electron chi connectivity index (χ1n) is 6.75. The number of fused-ring (bicyclic) bond motifs is 1. The molecule has 0 bridgehead atoms. The van der Waals surface area contributed by atoms with E-state index in [4.69, 9.17) is 4.74 Å². The molecule has 0 atom stereocenters. The van der Waals surface area contributed by atoms with Crippen LogP contribution in [0.25, 0.3) is 5.65 Å². The van der Waals surface area contributed by atoms with Crippen LogP contribution in [0, 0.1) is 12.7 Å². The van der Waals surface area contributed by atoms with Gasteiger partial charge in [-0.1, -0.05) is 12.1 Å². The van der Waals surface area contributed by atoms with Crippen LogP contribution in [-0.4, -0.2) is 21.9 Å². The predicted octanol–water partition coefficient (Wildman–Crippen LogP) is 2.80. The number of ether oxygens (including phenoxy) is 1. The van der Waals surface area contributed by atoms with Crippen molar-refractivity contribution in [3.63, 3.8) is 0 Å². The van der Waals surface area contributed by atoms with E-state index in [-0.39, 0.29) is 18.3 Å². The minimum atomic E-state index is -0.499. The van der Waals surface area contributed by atoms with Gasteiger partial charge in [-0.25, -0.2) is 9.37 Å². The summed E-state index contributed by atoms with van der Waals surface area (Å²) in [7, 11) is 0. The first-order chi connectivity index (χ1) is 10.6. The zero-order chi connectivity index (χ0) is 15.5. The van der Waals surface area contributed by atoms with Crippen molar-refractivity contribution in [3.05, 3.63) is 60.3 Å². The normalized spacial score (nSPS) is 10.6. The van der Waals surface area contributed by atoms with E-state index in [1.54, 1.807) is 24.3 Å². The van der Waals surface area contributed by atoms with Crippen LogP contribution in [0.3, 0.4) is 0 Å². The first-order valence-corrected chi connectivity index (χ1v) is 6.75. The van der Waals surface area contributed by atoms with Gasteiger partial charge in [0.1, 0.15) is 0 Å². The summed E-state index contributed by atoms with van der Waals surface area (Å²) >= 11 is 0. The quantitative estimate of drug-likeness (QED) is 0.806. The fourth-order valence-electron chi connectivity index (χ4n) is 2.12. The number of rotatable bonds is 4. The fourth-order valence-corrected chi connectivity index (χ4v) is 2.12. The molecule has 0 unspecified atom stereocenters. The molecule has 0 aliphatic rings. The lowest BCUT2D eigenvalue weighted by Gasteiger charge is -2.08. The number of para-hydroxylation sites is 1. The third kappa shape index (κ3) is 2.90. The van der Waals surface area contributed by atoms with E-state index in [1.165, 1.54) is 12.1 Å². The Hall–Kier alpha value is -2.89. The highest BCUT2D eigenvalue weighted by molar-refractivity contribution is 5.95. The van der Waals surface area contributed by atoms with E-state index < -0.39 is 5.82 Å². The molecule has 2 heterocycles. The van der Waals surface area contributed by atoms with Gasteiger partial charge in [0.25, 0.3) is 5.91 Å². The number of pyridine rings is 1. The van der Waals surface area contributed by atoms with Gasteiger partial charge in [0, 0.05) is 12.4 Å². The summed E-state index contributed by atoms with van der Waals surface area (Å²) in [6.45, 7) is 1.60. The van der Waals surface area contributed by atoms with Crippen molar-refractivity contribution in [2.45, 2.75) is 6.92 Å². The maximum Gasteiger partial charge on any atom is 0.262 e. The minimum Gasteiger partial charge on any atom is -0.481 e. The molecule has 0 spiro atoms. The largest absolute Gasteiger partial charge is 0.481 e. The number of hydrogen-bond donors (Lipinski definition) is 1. The number of aryl methyl sites for hydroxylation is 1. The average Bonchev–Trinajstić information content (AvgIpc) is 2.88. The topological polar surface area (TPSA) is 55.6 Å². The van der Waals surface area contributed by atoms with Crippen molar-refractivity contribution in [1.29, 1.82) is 0 Å². The molecule has 112 valence electrons. The average molecular weight is 299 g/mol. The number of nitrogens with zero attached hydrogens (tertiary/aromatic N) is 2. The Bertz CT molecular complexity index is 829. The number of aromatic nitrogens is 2. The summed E-state index contributed by atoms with van der Waals surface area (Å²) in [5, 5.41) is 2.72.